The monoisotopic (exact) mass is 511 g/mol. The lowest BCUT2D eigenvalue weighted by Crippen LogP contribution is -2.62. The number of aromatic nitrogens is 3. The number of rotatable bonds is 10. The van der Waals surface area contributed by atoms with Crippen LogP contribution in [-0.2, 0) is 5.41 Å². The largest absolute Gasteiger partial charge is 0.363 e. The lowest BCUT2D eigenvalue weighted by Gasteiger charge is -2.49. The molecule has 0 saturated carbocycles. The standard InChI is InChI=1S/C30H53N7/c1-12-15-16-37(23-17-21(4)31-22(5)18-23)27-33-25(30(10,13-2)14-3)32-26(34-27)36(11)24-19-28(6,7)35-29(8,9)20-24/h23-24,31,35H,4-5,12-20H2,1-3,6-11H3. The number of nitrogens with zero attached hydrogens (tertiary/aromatic N) is 5. The molecule has 2 aliphatic heterocycles. The normalized spacial score (nSPS) is 20.6. The molecule has 1 aromatic rings. The molecule has 0 spiro atoms. The van der Waals surface area contributed by atoms with E-state index < -0.39 is 0 Å². The zero-order valence-electron chi connectivity index (χ0n) is 25.2. The second-order valence-electron chi connectivity index (χ2n) is 13.0. The summed E-state index contributed by atoms with van der Waals surface area (Å²) in [6, 6.07) is 0.582. The molecule has 0 radical (unpaired) electrons. The average Bonchev–Trinajstić information content (AvgIpc) is 2.80. The van der Waals surface area contributed by atoms with Gasteiger partial charge in [0.2, 0.25) is 11.9 Å². The van der Waals surface area contributed by atoms with E-state index in [0.29, 0.717) is 6.04 Å². The first-order chi connectivity index (χ1) is 17.2. The number of unbranched alkanes of at least 4 members (excludes halogenated alkanes) is 1. The third kappa shape index (κ3) is 7.04. The molecule has 7 heteroatoms. The first-order valence-electron chi connectivity index (χ1n) is 14.4. The smallest absolute Gasteiger partial charge is 0.230 e. The average molecular weight is 512 g/mol. The fourth-order valence-corrected chi connectivity index (χ4v) is 6.17. The van der Waals surface area contributed by atoms with Crippen molar-refractivity contribution in [2.45, 2.75) is 135 Å². The van der Waals surface area contributed by atoms with E-state index in [1.807, 2.05) is 0 Å². The van der Waals surface area contributed by atoms with Crippen molar-refractivity contribution in [3.05, 3.63) is 30.4 Å². The molecule has 0 bridgehead atoms. The Balaban J connectivity index is 2.10. The Morgan fingerprint density at radius 1 is 0.892 bits per heavy atom. The van der Waals surface area contributed by atoms with Gasteiger partial charge in [0, 0.05) is 66.4 Å². The summed E-state index contributed by atoms with van der Waals surface area (Å²) in [4.78, 5) is 20.3. The van der Waals surface area contributed by atoms with Gasteiger partial charge in [-0.3, -0.25) is 0 Å². The molecule has 0 atom stereocenters. The Labute approximate surface area is 226 Å². The molecule has 0 unspecified atom stereocenters. The highest BCUT2D eigenvalue weighted by Gasteiger charge is 2.40. The Morgan fingerprint density at radius 2 is 1.43 bits per heavy atom. The second-order valence-corrected chi connectivity index (χ2v) is 13.0. The Hall–Kier alpha value is -2.15. The van der Waals surface area contributed by atoms with Crippen molar-refractivity contribution in [1.82, 2.24) is 25.6 Å². The zero-order chi connectivity index (χ0) is 27.6. The van der Waals surface area contributed by atoms with Crippen LogP contribution < -0.4 is 20.4 Å². The van der Waals surface area contributed by atoms with E-state index in [1.165, 1.54) is 0 Å². The van der Waals surface area contributed by atoms with Crippen LogP contribution in [0, 0.1) is 0 Å². The first-order valence-corrected chi connectivity index (χ1v) is 14.4. The SMILES string of the molecule is C=C1CC(N(CCCC)c2nc(N(C)C3CC(C)(C)NC(C)(C)C3)nc(C(C)(CC)CC)n2)CC(=C)N1. The molecule has 208 valence electrons. The van der Waals surface area contributed by atoms with Gasteiger partial charge in [0.05, 0.1) is 0 Å². The summed E-state index contributed by atoms with van der Waals surface area (Å²) in [5.41, 5.74) is 2.02. The lowest BCUT2D eigenvalue weighted by atomic mass is 9.79. The summed E-state index contributed by atoms with van der Waals surface area (Å²) >= 11 is 0. The van der Waals surface area contributed by atoms with Gasteiger partial charge in [0.1, 0.15) is 5.82 Å². The van der Waals surface area contributed by atoms with Gasteiger partial charge < -0.3 is 20.4 Å². The molecule has 0 aliphatic carbocycles. The van der Waals surface area contributed by atoms with Crippen LogP contribution in [0.15, 0.2) is 24.6 Å². The van der Waals surface area contributed by atoms with Gasteiger partial charge in [-0.05, 0) is 59.8 Å². The fraction of sp³-hybridized carbons (Fsp3) is 0.767. The quantitative estimate of drug-likeness (QED) is 0.394. The third-order valence-corrected chi connectivity index (χ3v) is 8.51. The Bertz CT molecular complexity index is 931. The van der Waals surface area contributed by atoms with Crippen molar-refractivity contribution < 1.29 is 0 Å². The molecule has 2 aliphatic rings. The molecule has 0 amide bonds. The van der Waals surface area contributed by atoms with E-state index in [-0.39, 0.29) is 22.5 Å². The van der Waals surface area contributed by atoms with Gasteiger partial charge >= 0.3 is 0 Å². The van der Waals surface area contributed by atoms with E-state index in [1.54, 1.807) is 0 Å². The summed E-state index contributed by atoms with van der Waals surface area (Å²) in [5, 5.41) is 7.15. The number of hydrogen-bond donors (Lipinski definition) is 2. The molecule has 3 rings (SSSR count). The Morgan fingerprint density at radius 3 is 1.95 bits per heavy atom. The summed E-state index contributed by atoms with van der Waals surface area (Å²) in [5.74, 6) is 2.50. The minimum absolute atomic E-state index is 0.0453. The van der Waals surface area contributed by atoms with Crippen LogP contribution in [0.5, 0.6) is 0 Å². The van der Waals surface area contributed by atoms with Gasteiger partial charge in [0.15, 0.2) is 0 Å². The minimum atomic E-state index is -0.0995. The van der Waals surface area contributed by atoms with Crippen LogP contribution >= 0.6 is 0 Å². The first kappa shape index (κ1) is 29.4. The summed E-state index contributed by atoms with van der Waals surface area (Å²) in [6.45, 7) is 27.6. The maximum absolute atomic E-state index is 5.20. The molecular weight excluding hydrogens is 458 g/mol. The summed E-state index contributed by atoms with van der Waals surface area (Å²) < 4.78 is 0. The second kappa shape index (κ2) is 11.3. The van der Waals surface area contributed by atoms with Gasteiger partial charge in [-0.2, -0.15) is 15.0 Å². The molecule has 2 fully saturated rings. The van der Waals surface area contributed by atoms with Crippen LogP contribution in [0.1, 0.15) is 113 Å². The highest BCUT2D eigenvalue weighted by molar-refractivity contribution is 5.43. The van der Waals surface area contributed by atoms with Crippen LogP contribution in [0.2, 0.25) is 0 Å². The number of nitrogens with one attached hydrogen (secondary N) is 2. The number of anilines is 2. The fourth-order valence-electron chi connectivity index (χ4n) is 6.17. The van der Waals surface area contributed by atoms with E-state index in [9.17, 15) is 0 Å². The molecule has 3 heterocycles. The molecule has 2 saturated heterocycles. The van der Waals surface area contributed by atoms with E-state index in [2.05, 4.69) is 96.0 Å². The van der Waals surface area contributed by atoms with Crippen LogP contribution in [0.25, 0.3) is 0 Å². The predicted molar refractivity (Wildman–Crippen MR) is 157 cm³/mol. The van der Waals surface area contributed by atoms with Crippen molar-refractivity contribution in [1.29, 1.82) is 0 Å². The van der Waals surface area contributed by atoms with E-state index >= 15 is 0 Å². The summed E-state index contributed by atoms with van der Waals surface area (Å²) in [7, 11) is 2.17. The lowest BCUT2D eigenvalue weighted by molar-refractivity contribution is 0.160. The predicted octanol–water partition coefficient (Wildman–Crippen LogP) is 6.08. The maximum atomic E-state index is 5.20. The van der Waals surface area contributed by atoms with Gasteiger partial charge in [-0.1, -0.05) is 47.3 Å². The molecule has 0 aromatic carbocycles. The van der Waals surface area contributed by atoms with Crippen molar-refractivity contribution in [2.75, 3.05) is 23.4 Å². The van der Waals surface area contributed by atoms with Gasteiger partial charge in [-0.15, -0.1) is 0 Å². The Kier molecular flexibility index (Phi) is 8.98. The number of piperidine rings is 2. The van der Waals surface area contributed by atoms with E-state index in [4.69, 9.17) is 15.0 Å². The van der Waals surface area contributed by atoms with Crippen molar-refractivity contribution in [3.63, 3.8) is 0 Å². The molecular formula is C30H53N7. The highest BCUT2D eigenvalue weighted by atomic mass is 15.4. The minimum Gasteiger partial charge on any atom is -0.363 e. The summed E-state index contributed by atoms with van der Waals surface area (Å²) in [6.07, 6.45) is 7.98. The molecule has 37 heavy (non-hydrogen) atoms. The van der Waals surface area contributed by atoms with Crippen LogP contribution in [0.3, 0.4) is 0 Å². The van der Waals surface area contributed by atoms with Crippen molar-refractivity contribution in [2.24, 2.45) is 0 Å². The van der Waals surface area contributed by atoms with Crippen LogP contribution in [0.4, 0.5) is 11.9 Å². The molecule has 1 aromatic heterocycles. The third-order valence-electron chi connectivity index (χ3n) is 8.51. The van der Waals surface area contributed by atoms with Gasteiger partial charge in [-0.25, -0.2) is 0 Å². The topological polar surface area (TPSA) is 69.2 Å². The highest BCUT2D eigenvalue weighted by Crippen LogP contribution is 2.35. The van der Waals surface area contributed by atoms with E-state index in [0.717, 1.165) is 87.0 Å². The van der Waals surface area contributed by atoms with Crippen molar-refractivity contribution >= 4 is 11.9 Å². The maximum Gasteiger partial charge on any atom is 0.230 e. The zero-order valence-corrected chi connectivity index (χ0v) is 25.2. The van der Waals surface area contributed by atoms with Crippen LogP contribution in [-0.4, -0.2) is 51.7 Å². The molecule has 2 N–H and O–H groups in total. The molecule has 7 nitrogen and oxygen atoms in total. The number of hydrogen-bond acceptors (Lipinski definition) is 7. The van der Waals surface area contributed by atoms with Gasteiger partial charge in [0.25, 0.3) is 0 Å². The van der Waals surface area contributed by atoms with Crippen molar-refractivity contribution in [3.8, 4) is 0 Å².